The molecule has 10 heteroatoms. The van der Waals surface area contributed by atoms with E-state index in [9.17, 15) is 39.9 Å². The first kappa shape index (κ1) is 27.7. The second-order valence-corrected chi connectivity index (χ2v) is 11.1. The Bertz CT molecular complexity index is 956. The fraction of sp³-hybridized carbons (Fsp3) is 0.800. The minimum absolute atomic E-state index is 0.0529. The van der Waals surface area contributed by atoms with Crippen molar-refractivity contribution in [2.24, 2.45) is 16.7 Å². The Morgan fingerprint density at radius 3 is 2.09 bits per heavy atom. The smallest absolute Gasteiger partial charge is 0.303 e. The van der Waals surface area contributed by atoms with E-state index in [1.165, 1.54) is 6.92 Å². The van der Waals surface area contributed by atoms with Crippen molar-refractivity contribution in [2.45, 2.75) is 109 Å². The third-order valence-electron chi connectivity index (χ3n) is 9.07. The van der Waals surface area contributed by atoms with Crippen LogP contribution in [0.15, 0.2) is 11.1 Å². The number of fused-ring (bicyclic) bond motifs is 3. The quantitative estimate of drug-likeness (QED) is 0.267. The van der Waals surface area contributed by atoms with Crippen LogP contribution in [0.25, 0.3) is 0 Å². The van der Waals surface area contributed by atoms with Crippen LogP contribution < -0.4 is 0 Å². The second kappa shape index (κ2) is 8.62. The number of rotatable bonds is 3. The summed E-state index contributed by atoms with van der Waals surface area (Å²) in [5.41, 5.74) is -6.89. The number of hydrogen-bond acceptors (Lipinski definition) is 10. The molecule has 0 aliphatic heterocycles. The van der Waals surface area contributed by atoms with Gasteiger partial charge in [0, 0.05) is 32.1 Å². The largest absolute Gasteiger partial charge is 0.459 e. The third kappa shape index (κ3) is 3.60. The molecular formula is C25H38O10. The molecular weight excluding hydrogens is 460 g/mol. The number of Topliss-reactive ketones (excluding diaryl/α,β-unsaturated/α-hetero) is 1. The summed E-state index contributed by atoms with van der Waals surface area (Å²) in [6.07, 6.45) is -8.47. The predicted molar refractivity (Wildman–Crippen MR) is 122 cm³/mol. The number of hydrogen-bond donors (Lipinski definition) is 5. The zero-order valence-electron chi connectivity index (χ0n) is 21.4. The molecule has 2 fully saturated rings. The molecule has 0 aromatic carbocycles. The molecule has 35 heavy (non-hydrogen) atoms. The lowest BCUT2D eigenvalue weighted by Gasteiger charge is -2.64. The van der Waals surface area contributed by atoms with Crippen molar-refractivity contribution in [2.75, 3.05) is 0 Å². The Hall–Kier alpha value is -1.85. The van der Waals surface area contributed by atoms with Gasteiger partial charge in [0.1, 0.15) is 23.4 Å². The van der Waals surface area contributed by atoms with Crippen LogP contribution >= 0.6 is 0 Å². The third-order valence-corrected chi connectivity index (χ3v) is 9.07. The van der Waals surface area contributed by atoms with Crippen LogP contribution in [0.4, 0.5) is 0 Å². The van der Waals surface area contributed by atoms with Gasteiger partial charge in [0.2, 0.25) is 0 Å². The van der Waals surface area contributed by atoms with Gasteiger partial charge in [-0.3, -0.25) is 14.4 Å². The summed E-state index contributed by atoms with van der Waals surface area (Å²) < 4.78 is 11.4. The Kier molecular flexibility index (Phi) is 6.83. The van der Waals surface area contributed by atoms with Gasteiger partial charge in [0.15, 0.2) is 5.78 Å². The molecule has 5 N–H and O–H groups in total. The predicted octanol–water partition coefficient (Wildman–Crippen LogP) is 0.160. The molecule has 10 nitrogen and oxygen atoms in total. The highest BCUT2D eigenvalue weighted by molar-refractivity contribution is 5.93. The Morgan fingerprint density at radius 2 is 1.60 bits per heavy atom. The van der Waals surface area contributed by atoms with E-state index >= 15 is 0 Å². The van der Waals surface area contributed by atoms with Crippen molar-refractivity contribution in [3.63, 3.8) is 0 Å². The van der Waals surface area contributed by atoms with Crippen molar-refractivity contribution in [1.29, 1.82) is 0 Å². The normalized spacial score (nSPS) is 45.2. The molecule has 3 aliphatic rings. The van der Waals surface area contributed by atoms with Crippen LogP contribution in [-0.4, -0.2) is 85.0 Å². The topological polar surface area (TPSA) is 171 Å². The van der Waals surface area contributed by atoms with Gasteiger partial charge in [-0.1, -0.05) is 20.8 Å². The second-order valence-electron chi connectivity index (χ2n) is 11.1. The molecule has 0 amide bonds. The maximum absolute atomic E-state index is 14.1. The fourth-order valence-corrected chi connectivity index (χ4v) is 7.08. The van der Waals surface area contributed by atoms with E-state index < -0.39 is 76.2 Å². The number of carbonyl (C=O) groups is 3. The van der Waals surface area contributed by atoms with Crippen molar-refractivity contribution in [3.8, 4) is 0 Å². The number of aliphatic hydroxyl groups is 5. The molecule has 0 aromatic heterocycles. The average Bonchev–Trinajstić information content (AvgIpc) is 2.73. The van der Waals surface area contributed by atoms with E-state index in [1.54, 1.807) is 27.7 Å². The zero-order chi connectivity index (χ0) is 26.9. The summed E-state index contributed by atoms with van der Waals surface area (Å²) in [5, 5.41) is 57.0. The van der Waals surface area contributed by atoms with Gasteiger partial charge in [-0.15, -0.1) is 0 Å². The van der Waals surface area contributed by atoms with Gasteiger partial charge >= 0.3 is 11.9 Å². The lowest BCUT2D eigenvalue weighted by atomic mass is 9.45. The molecule has 3 rings (SSSR count). The lowest BCUT2D eigenvalue weighted by Crippen LogP contribution is -2.77. The maximum Gasteiger partial charge on any atom is 0.303 e. The van der Waals surface area contributed by atoms with E-state index in [0.29, 0.717) is 5.57 Å². The van der Waals surface area contributed by atoms with Gasteiger partial charge in [-0.25, -0.2) is 0 Å². The number of ketones is 1. The van der Waals surface area contributed by atoms with E-state index in [-0.39, 0.29) is 24.8 Å². The zero-order valence-corrected chi connectivity index (χ0v) is 21.4. The van der Waals surface area contributed by atoms with E-state index in [1.807, 2.05) is 0 Å². The molecule has 0 heterocycles. The van der Waals surface area contributed by atoms with Gasteiger partial charge in [0.05, 0.1) is 29.6 Å². The number of aliphatic hydroxyl groups excluding tert-OH is 4. The summed E-state index contributed by atoms with van der Waals surface area (Å²) in [6, 6.07) is 0. The Morgan fingerprint density at radius 1 is 1.03 bits per heavy atom. The van der Waals surface area contributed by atoms with Crippen LogP contribution in [0.5, 0.6) is 0 Å². The monoisotopic (exact) mass is 498 g/mol. The molecule has 9 atom stereocenters. The standard InChI is InChI=1S/C25H38O10/c1-8-24(35-13(4)27)16(30)9-15(29)23(7)19(24)21(34-12(3)26)25(33)10-14(28)11(2)17(22(25,5)6)18(31)20(23)32/h14-16,18-19,21,28-31,33H,8-10H2,1-7H3/t14?,15-,16+,18+,19?,21?,23+,24-,25+/m0/s1. The van der Waals surface area contributed by atoms with Crippen LogP contribution in [0.3, 0.4) is 0 Å². The number of ether oxygens (including phenoxy) is 2. The number of esters is 2. The average molecular weight is 499 g/mol. The highest BCUT2D eigenvalue weighted by Crippen LogP contribution is 2.62. The molecule has 3 aliphatic carbocycles. The van der Waals surface area contributed by atoms with Crippen molar-refractivity contribution >= 4 is 17.7 Å². The summed E-state index contributed by atoms with van der Waals surface area (Å²) in [5.74, 6) is -3.92. The summed E-state index contributed by atoms with van der Waals surface area (Å²) in [4.78, 5) is 38.8. The minimum atomic E-state index is -2.09. The van der Waals surface area contributed by atoms with Crippen molar-refractivity contribution < 1.29 is 49.4 Å². The van der Waals surface area contributed by atoms with Gasteiger partial charge in [-0.05, 0) is 31.4 Å². The van der Waals surface area contributed by atoms with E-state index in [4.69, 9.17) is 9.47 Å². The van der Waals surface area contributed by atoms with E-state index in [0.717, 1.165) is 13.8 Å². The van der Waals surface area contributed by atoms with Gasteiger partial charge < -0.3 is 35.0 Å². The van der Waals surface area contributed by atoms with Crippen molar-refractivity contribution in [1.82, 2.24) is 0 Å². The molecule has 0 aromatic rings. The first-order valence-corrected chi connectivity index (χ1v) is 12.0. The first-order chi connectivity index (χ1) is 15.9. The van der Waals surface area contributed by atoms with Crippen LogP contribution in [-0.2, 0) is 23.9 Å². The first-order valence-electron chi connectivity index (χ1n) is 12.0. The Labute approximate surface area is 204 Å². The molecule has 198 valence electrons. The number of carbonyl (C=O) groups excluding carboxylic acids is 3. The minimum Gasteiger partial charge on any atom is -0.459 e. The molecule has 0 saturated heterocycles. The molecule has 0 radical (unpaired) electrons. The molecule has 2 saturated carbocycles. The summed E-state index contributed by atoms with van der Waals surface area (Å²) in [6.45, 7) is 9.91. The highest BCUT2D eigenvalue weighted by atomic mass is 16.6. The lowest BCUT2D eigenvalue weighted by molar-refractivity contribution is -0.287. The maximum atomic E-state index is 14.1. The van der Waals surface area contributed by atoms with Crippen LogP contribution in [0.1, 0.15) is 67.7 Å². The molecule has 0 spiro atoms. The van der Waals surface area contributed by atoms with E-state index in [2.05, 4.69) is 0 Å². The summed E-state index contributed by atoms with van der Waals surface area (Å²) in [7, 11) is 0. The Balaban J connectivity index is 2.51. The SMILES string of the molecule is CC[C@@]1(OC(C)=O)C2C(OC(C)=O)[C@]3(O)CC(O)C(C)=C([C@@H](O)C(=O)[C@]2(C)[C@@H](O)C[C@H]1O)C3(C)C. The van der Waals surface area contributed by atoms with Gasteiger partial charge in [-0.2, -0.15) is 0 Å². The molecule has 2 bridgehead atoms. The van der Waals surface area contributed by atoms with Crippen LogP contribution in [0, 0.1) is 16.7 Å². The van der Waals surface area contributed by atoms with Gasteiger partial charge in [0.25, 0.3) is 0 Å². The summed E-state index contributed by atoms with van der Waals surface area (Å²) >= 11 is 0. The molecule has 3 unspecified atom stereocenters. The van der Waals surface area contributed by atoms with Crippen LogP contribution in [0.2, 0.25) is 0 Å². The van der Waals surface area contributed by atoms with Crippen molar-refractivity contribution in [3.05, 3.63) is 11.1 Å². The fourth-order valence-electron chi connectivity index (χ4n) is 7.08. The highest BCUT2D eigenvalue weighted by Gasteiger charge is 2.74.